The minimum Gasteiger partial charge on any atom is -0.550 e. The van der Waals surface area contributed by atoms with E-state index in [4.69, 9.17) is 11.6 Å². The smallest absolute Gasteiger partial charge is 0.251 e. The van der Waals surface area contributed by atoms with Gasteiger partial charge in [-0.2, -0.15) is 0 Å². The number of carbonyl (C=O) groups excluding carboxylic acids is 3. The number of halogens is 1. The first-order valence-corrected chi connectivity index (χ1v) is 5.75. The lowest BCUT2D eigenvalue weighted by Crippen LogP contribution is -2.48. The van der Waals surface area contributed by atoms with Crippen LogP contribution < -0.4 is 15.5 Å². The highest BCUT2D eigenvalue weighted by Gasteiger charge is 2.14. The Labute approximate surface area is 114 Å². The fourth-order valence-corrected chi connectivity index (χ4v) is 1.48. The summed E-state index contributed by atoms with van der Waals surface area (Å²) < 4.78 is 0. The van der Waals surface area contributed by atoms with Gasteiger partial charge in [-0.15, -0.1) is 0 Å². The van der Waals surface area contributed by atoms with Gasteiger partial charge in [-0.1, -0.05) is 11.6 Å². The molecule has 0 aromatic heterocycles. The highest BCUT2D eigenvalue weighted by Crippen LogP contribution is 2.09. The molecule has 0 aliphatic heterocycles. The van der Waals surface area contributed by atoms with Gasteiger partial charge in [-0.25, -0.2) is 0 Å². The van der Waals surface area contributed by atoms with Gasteiger partial charge in [0.2, 0.25) is 0 Å². The Morgan fingerprint density at radius 2 is 1.74 bits per heavy atom. The predicted octanol–water partition coefficient (Wildman–Crippen LogP) is -1.28. The van der Waals surface area contributed by atoms with E-state index in [2.05, 4.69) is 5.32 Å². The minimum absolute atomic E-state index is 0.212. The number of hydrogen-bond donors (Lipinski definition) is 1. The average molecular weight is 284 g/mol. The van der Waals surface area contributed by atoms with Crippen molar-refractivity contribution in [1.82, 2.24) is 5.32 Å². The molecule has 0 saturated carbocycles. The van der Waals surface area contributed by atoms with Gasteiger partial charge in [0.1, 0.15) is 0 Å². The molecule has 19 heavy (non-hydrogen) atoms. The maximum absolute atomic E-state index is 11.7. The second-order valence-corrected chi connectivity index (χ2v) is 4.20. The van der Waals surface area contributed by atoms with Crippen LogP contribution in [0, 0.1) is 0 Å². The molecule has 6 nitrogen and oxygen atoms in total. The highest BCUT2D eigenvalue weighted by atomic mass is 35.5. The summed E-state index contributed by atoms with van der Waals surface area (Å²) in [5.74, 6) is -3.60. The Morgan fingerprint density at radius 1 is 1.16 bits per heavy atom. The molecule has 0 aliphatic rings. The van der Waals surface area contributed by atoms with Crippen molar-refractivity contribution in [2.75, 3.05) is 0 Å². The van der Waals surface area contributed by atoms with Gasteiger partial charge in [-0.3, -0.25) is 4.79 Å². The van der Waals surface area contributed by atoms with Crippen LogP contribution >= 0.6 is 11.6 Å². The molecule has 0 heterocycles. The zero-order valence-corrected chi connectivity index (χ0v) is 10.5. The number of hydrogen-bond acceptors (Lipinski definition) is 5. The van der Waals surface area contributed by atoms with E-state index >= 15 is 0 Å². The number of rotatable bonds is 6. The summed E-state index contributed by atoms with van der Waals surface area (Å²) in [6, 6.07) is 4.41. The molecule has 0 bridgehead atoms. The molecular formula is C12H10ClNO5-2. The number of nitrogens with one attached hydrogen (secondary N) is 1. The van der Waals surface area contributed by atoms with Gasteiger partial charge >= 0.3 is 0 Å². The molecule has 0 unspecified atom stereocenters. The Kier molecular flexibility index (Phi) is 5.32. The lowest BCUT2D eigenvalue weighted by molar-refractivity contribution is -0.309. The Morgan fingerprint density at radius 3 is 2.21 bits per heavy atom. The summed E-state index contributed by atoms with van der Waals surface area (Å²) in [5, 5.41) is 23.6. The van der Waals surface area contributed by atoms with Crippen LogP contribution in [0.25, 0.3) is 0 Å². The number of carboxylic acid groups (broad SMARTS) is 2. The van der Waals surface area contributed by atoms with E-state index in [1.54, 1.807) is 0 Å². The van der Waals surface area contributed by atoms with Crippen LogP contribution in [-0.4, -0.2) is 23.9 Å². The van der Waals surface area contributed by atoms with Crippen molar-refractivity contribution in [2.24, 2.45) is 0 Å². The minimum atomic E-state index is -1.55. The molecule has 1 rings (SSSR count). The van der Waals surface area contributed by atoms with E-state index in [1.165, 1.54) is 24.3 Å². The number of carbonyl (C=O) groups is 3. The van der Waals surface area contributed by atoms with Crippen molar-refractivity contribution in [2.45, 2.75) is 18.9 Å². The Balaban J connectivity index is 2.68. The van der Waals surface area contributed by atoms with Crippen molar-refractivity contribution in [1.29, 1.82) is 0 Å². The molecule has 0 fully saturated rings. The molecule has 0 spiro atoms. The van der Waals surface area contributed by atoms with Crippen LogP contribution in [-0.2, 0) is 9.59 Å². The van der Waals surface area contributed by atoms with E-state index in [9.17, 15) is 24.6 Å². The SMILES string of the molecule is O=C([O-])CC[C@H](NC(=O)c1ccc(Cl)cc1)C(=O)[O-]. The monoisotopic (exact) mass is 283 g/mol. The standard InChI is InChI=1S/C12H12ClNO5/c13-8-3-1-7(2-4-8)11(17)14-9(12(18)19)5-6-10(15)16/h1-4,9H,5-6H2,(H,14,17)(H,15,16)(H,18,19)/p-2/t9-/m0/s1. The van der Waals surface area contributed by atoms with E-state index < -0.39 is 30.3 Å². The van der Waals surface area contributed by atoms with Gasteiger partial charge in [-0.05, 0) is 37.1 Å². The molecular weight excluding hydrogens is 274 g/mol. The first-order valence-electron chi connectivity index (χ1n) is 5.37. The molecule has 1 atom stereocenters. The van der Waals surface area contributed by atoms with Crippen LogP contribution in [0.4, 0.5) is 0 Å². The molecule has 0 aliphatic carbocycles. The summed E-state index contributed by atoms with van der Waals surface area (Å²) in [7, 11) is 0. The van der Waals surface area contributed by atoms with E-state index in [1.807, 2.05) is 0 Å². The molecule has 7 heteroatoms. The predicted molar refractivity (Wildman–Crippen MR) is 62.0 cm³/mol. The lowest BCUT2D eigenvalue weighted by atomic mass is 10.1. The largest absolute Gasteiger partial charge is 0.550 e. The number of carboxylic acids is 2. The second-order valence-electron chi connectivity index (χ2n) is 3.76. The third-order valence-corrected chi connectivity index (χ3v) is 2.59. The van der Waals surface area contributed by atoms with Gasteiger partial charge in [0.05, 0.1) is 12.0 Å². The zero-order valence-electron chi connectivity index (χ0n) is 9.72. The van der Waals surface area contributed by atoms with E-state index in [-0.39, 0.29) is 12.0 Å². The van der Waals surface area contributed by atoms with Crippen LogP contribution in [0.5, 0.6) is 0 Å². The summed E-state index contributed by atoms with van der Waals surface area (Å²) >= 11 is 5.65. The van der Waals surface area contributed by atoms with Gasteiger partial charge in [0, 0.05) is 16.6 Å². The Bertz CT molecular complexity index is 485. The highest BCUT2D eigenvalue weighted by molar-refractivity contribution is 6.30. The number of amides is 1. The fraction of sp³-hybridized carbons (Fsp3) is 0.250. The van der Waals surface area contributed by atoms with E-state index in [0.29, 0.717) is 5.02 Å². The molecule has 0 saturated heterocycles. The third kappa shape index (κ3) is 4.97. The van der Waals surface area contributed by atoms with Crippen molar-refractivity contribution in [3.8, 4) is 0 Å². The molecule has 1 aromatic carbocycles. The summed E-state index contributed by atoms with van der Waals surface area (Å²) in [6.45, 7) is 0. The van der Waals surface area contributed by atoms with Crippen molar-refractivity contribution in [3.63, 3.8) is 0 Å². The molecule has 1 N–H and O–H groups in total. The maximum Gasteiger partial charge on any atom is 0.251 e. The molecule has 1 amide bonds. The number of aliphatic carboxylic acids is 2. The summed E-state index contributed by atoms with van der Waals surface area (Å²) in [5.41, 5.74) is 0.212. The van der Waals surface area contributed by atoms with E-state index in [0.717, 1.165) is 0 Å². The normalized spacial score (nSPS) is 11.6. The second kappa shape index (κ2) is 6.75. The average Bonchev–Trinajstić information content (AvgIpc) is 2.34. The van der Waals surface area contributed by atoms with Crippen molar-refractivity contribution >= 4 is 29.4 Å². The fourth-order valence-electron chi connectivity index (χ4n) is 1.35. The van der Waals surface area contributed by atoms with Gasteiger partial charge in [0.15, 0.2) is 0 Å². The van der Waals surface area contributed by atoms with Crippen molar-refractivity contribution < 1.29 is 24.6 Å². The summed E-state index contributed by atoms with van der Waals surface area (Å²) in [4.78, 5) is 32.7. The van der Waals surface area contributed by atoms with Crippen molar-refractivity contribution in [3.05, 3.63) is 34.9 Å². The topological polar surface area (TPSA) is 109 Å². The Hall–Kier alpha value is -2.08. The van der Waals surface area contributed by atoms with Crippen LogP contribution in [0.15, 0.2) is 24.3 Å². The maximum atomic E-state index is 11.7. The quantitative estimate of drug-likeness (QED) is 0.699. The number of benzene rings is 1. The molecule has 0 radical (unpaired) electrons. The van der Waals surface area contributed by atoms with Gasteiger partial charge < -0.3 is 25.1 Å². The van der Waals surface area contributed by atoms with Crippen LogP contribution in [0.1, 0.15) is 23.2 Å². The van der Waals surface area contributed by atoms with Gasteiger partial charge in [0.25, 0.3) is 5.91 Å². The first-order chi connectivity index (χ1) is 8.90. The van der Waals surface area contributed by atoms with Crippen LogP contribution in [0.3, 0.4) is 0 Å². The molecule has 102 valence electrons. The lowest BCUT2D eigenvalue weighted by Gasteiger charge is -2.19. The molecule has 1 aromatic rings. The third-order valence-electron chi connectivity index (χ3n) is 2.33. The first kappa shape index (κ1) is 15.0. The zero-order chi connectivity index (χ0) is 14.4. The van der Waals surface area contributed by atoms with Crippen LogP contribution in [0.2, 0.25) is 5.02 Å². The summed E-state index contributed by atoms with van der Waals surface area (Å²) in [6.07, 6.45) is -0.788.